The van der Waals surface area contributed by atoms with Gasteiger partial charge in [-0.05, 0) is 24.3 Å². The molecule has 4 heteroatoms. The number of carbonyl (C=O) groups excluding carboxylic acids is 1. The molecular weight excluding hydrogens is 244 g/mol. The number of aliphatic hydroxyl groups excluding tert-OH is 2. The molecule has 0 heterocycles. The van der Waals surface area contributed by atoms with Gasteiger partial charge >= 0.3 is 0 Å². The number of hydrogen-bond donors (Lipinski definition) is 3. The zero-order valence-corrected chi connectivity index (χ0v) is 10.2. The van der Waals surface area contributed by atoms with Gasteiger partial charge in [-0.1, -0.05) is 24.3 Å². The van der Waals surface area contributed by atoms with Gasteiger partial charge in [0.15, 0.2) is 11.5 Å². The largest absolute Gasteiger partial charge is 0.508 e. The van der Waals surface area contributed by atoms with Crippen molar-refractivity contribution in [3.63, 3.8) is 0 Å². The van der Waals surface area contributed by atoms with Crippen molar-refractivity contribution in [1.29, 1.82) is 0 Å². The molecule has 98 valence electrons. The van der Waals surface area contributed by atoms with E-state index >= 15 is 0 Å². The van der Waals surface area contributed by atoms with E-state index in [4.69, 9.17) is 0 Å². The molecule has 0 amide bonds. The average Bonchev–Trinajstić information content (AvgIpc) is 2.40. The molecule has 4 nitrogen and oxygen atoms in total. The lowest BCUT2D eigenvalue weighted by molar-refractivity contribution is 0.104. The molecule has 0 aromatic heterocycles. The maximum absolute atomic E-state index is 11.9. The Bertz CT molecular complexity index is 582. The molecule has 1 aromatic rings. The van der Waals surface area contributed by atoms with Gasteiger partial charge in [0.05, 0.1) is 5.56 Å². The van der Waals surface area contributed by atoms with Crippen LogP contribution in [0.5, 0.6) is 5.75 Å². The Kier molecular flexibility index (Phi) is 3.71. The highest BCUT2D eigenvalue weighted by Crippen LogP contribution is 2.22. The molecule has 1 aromatic carbocycles. The third kappa shape index (κ3) is 3.04. The van der Waals surface area contributed by atoms with Gasteiger partial charge in [-0.2, -0.15) is 0 Å². The van der Waals surface area contributed by atoms with Gasteiger partial charge < -0.3 is 15.3 Å². The summed E-state index contributed by atoms with van der Waals surface area (Å²) in [4.78, 5) is 11.9. The number of ketones is 1. The van der Waals surface area contributed by atoms with E-state index in [9.17, 15) is 20.1 Å². The molecule has 1 unspecified atom stereocenters. The summed E-state index contributed by atoms with van der Waals surface area (Å²) in [5.74, 6) is -0.740. The minimum atomic E-state index is -0.301. The summed E-state index contributed by atoms with van der Waals surface area (Å²) in [6, 6.07) is 6.31. The van der Waals surface area contributed by atoms with Crippen LogP contribution in [0.1, 0.15) is 16.8 Å². The number of aliphatic hydroxyl groups is 2. The number of phenols is 1. The van der Waals surface area contributed by atoms with E-state index in [0.717, 1.165) is 0 Å². The van der Waals surface area contributed by atoms with E-state index in [2.05, 4.69) is 0 Å². The Morgan fingerprint density at radius 2 is 1.95 bits per heavy atom. The minimum Gasteiger partial charge on any atom is -0.508 e. The fourth-order valence-corrected chi connectivity index (χ4v) is 1.82. The summed E-state index contributed by atoms with van der Waals surface area (Å²) in [6.07, 6.45) is 6.35. The highest BCUT2D eigenvalue weighted by Gasteiger charge is 2.14. The van der Waals surface area contributed by atoms with Gasteiger partial charge in [0, 0.05) is 12.3 Å². The van der Waals surface area contributed by atoms with Gasteiger partial charge in [-0.25, -0.2) is 0 Å². The second-order valence-electron chi connectivity index (χ2n) is 4.30. The van der Waals surface area contributed by atoms with Crippen LogP contribution in [0.3, 0.4) is 0 Å². The molecule has 0 bridgehead atoms. The van der Waals surface area contributed by atoms with Gasteiger partial charge in [0.1, 0.15) is 11.5 Å². The summed E-state index contributed by atoms with van der Waals surface area (Å²) >= 11 is 0. The Labute approximate surface area is 110 Å². The van der Waals surface area contributed by atoms with Gasteiger partial charge in [-0.15, -0.1) is 0 Å². The molecule has 0 fully saturated rings. The topological polar surface area (TPSA) is 77.8 Å². The van der Waals surface area contributed by atoms with Crippen molar-refractivity contribution < 1.29 is 20.1 Å². The number of aromatic hydroxyl groups is 1. The number of rotatable bonds is 3. The first-order valence-corrected chi connectivity index (χ1v) is 5.87. The van der Waals surface area contributed by atoms with Crippen molar-refractivity contribution in [2.75, 3.05) is 0 Å². The molecule has 0 aliphatic heterocycles. The highest BCUT2D eigenvalue weighted by molar-refractivity contribution is 6.06. The van der Waals surface area contributed by atoms with Crippen molar-refractivity contribution in [1.82, 2.24) is 0 Å². The fourth-order valence-electron chi connectivity index (χ4n) is 1.82. The first kappa shape index (κ1) is 13.0. The van der Waals surface area contributed by atoms with Crippen molar-refractivity contribution in [3.8, 4) is 5.75 Å². The maximum Gasteiger partial charge on any atom is 0.189 e. The molecule has 1 aliphatic rings. The van der Waals surface area contributed by atoms with Crippen LogP contribution in [0, 0.1) is 5.92 Å². The molecule has 0 spiro atoms. The van der Waals surface area contributed by atoms with Crippen LogP contribution in [0.4, 0.5) is 0 Å². The number of hydrogen-bond acceptors (Lipinski definition) is 4. The standard InChI is InChI=1S/C15H14O4/c16-12-4-2-1-3-11(12)13(17)7-5-10-6-8-14(18)15(19)9-10/h1-8,10,16,18-19H,9H2. The Morgan fingerprint density at radius 1 is 1.21 bits per heavy atom. The van der Waals surface area contributed by atoms with Crippen molar-refractivity contribution in [2.45, 2.75) is 6.42 Å². The number of benzene rings is 1. The monoisotopic (exact) mass is 258 g/mol. The lowest BCUT2D eigenvalue weighted by Gasteiger charge is -2.12. The van der Waals surface area contributed by atoms with Crippen LogP contribution in [0.25, 0.3) is 0 Å². The number of allylic oxidation sites excluding steroid dienone is 5. The Balaban J connectivity index is 2.07. The van der Waals surface area contributed by atoms with Crippen molar-refractivity contribution in [2.24, 2.45) is 5.92 Å². The van der Waals surface area contributed by atoms with Crippen LogP contribution in [0.15, 0.2) is 60.1 Å². The second kappa shape index (κ2) is 5.44. The summed E-state index contributed by atoms with van der Waals surface area (Å²) in [5, 5.41) is 28.1. The third-order valence-corrected chi connectivity index (χ3v) is 2.89. The zero-order chi connectivity index (χ0) is 13.8. The van der Waals surface area contributed by atoms with Crippen molar-refractivity contribution >= 4 is 5.78 Å². The van der Waals surface area contributed by atoms with Crippen LogP contribution >= 0.6 is 0 Å². The summed E-state index contributed by atoms with van der Waals surface area (Å²) < 4.78 is 0. The van der Waals surface area contributed by atoms with Crippen LogP contribution in [-0.4, -0.2) is 21.1 Å². The maximum atomic E-state index is 11.9. The Hall–Kier alpha value is -2.49. The van der Waals surface area contributed by atoms with Gasteiger partial charge in [0.2, 0.25) is 0 Å². The Morgan fingerprint density at radius 3 is 2.63 bits per heavy atom. The zero-order valence-electron chi connectivity index (χ0n) is 10.2. The van der Waals surface area contributed by atoms with Gasteiger partial charge in [-0.3, -0.25) is 4.79 Å². The molecule has 1 aliphatic carbocycles. The molecule has 1 atom stereocenters. The van der Waals surface area contributed by atoms with Crippen LogP contribution < -0.4 is 0 Å². The van der Waals surface area contributed by atoms with E-state index in [1.165, 1.54) is 18.2 Å². The predicted molar refractivity (Wildman–Crippen MR) is 71.1 cm³/mol. The summed E-state index contributed by atoms with van der Waals surface area (Å²) in [7, 11) is 0. The number of para-hydroxylation sites is 1. The number of phenolic OH excluding ortho intramolecular Hbond substituents is 1. The normalized spacial score (nSPS) is 19.1. The smallest absolute Gasteiger partial charge is 0.189 e. The van der Waals surface area contributed by atoms with E-state index < -0.39 is 0 Å². The van der Waals surface area contributed by atoms with Crippen LogP contribution in [-0.2, 0) is 0 Å². The van der Waals surface area contributed by atoms with E-state index in [1.807, 2.05) is 0 Å². The minimum absolute atomic E-state index is 0.0586. The molecule has 3 N–H and O–H groups in total. The highest BCUT2D eigenvalue weighted by atomic mass is 16.3. The third-order valence-electron chi connectivity index (χ3n) is 2.89. The first-order chi connectivity index (χ1) is 9.08. The average molecular weight is 258 g/mol. The quantitative estimate of drug-likeness (QED) is 0.575. The van der Waals surface area contributed by atoms with Crippen LogP contribution in [0.2, 0.25) is 0 Å². The van der Waals surface area contributed by atoms with Gasteiger partial charge in [0.25, 0.3) is 0 Å². The second-order valence-corrected chi connectivity index (χ2v) is 4.30. The molecule has 0 saturated carbocycles. The number of carbonyl (C=O) groups is 1. The predicted octanol–water partition coefficient (Wildman–Crippen LogP) is 3.03. The molecule has 0 saturated heterocycles. The van der Waals surface area contributed by atoms with E-state index in [0.29, 0.717) is 0 Å². The molecule has 2 rings (SSSR count). The van der Waals surface area contributed by atoms with E-state index in [1.54, 1.807) is 30.4 Å². The summed E-state index contributed by atoms with van der Waals surface area (Å²) in [6.45, 7) is 0. The SMILES string of the molecule is O=C(C=CC1C=CC(O)=C(O)C1)c1ccccc1O. The molecular formula is C15H14O4. The lowest BCUT2D eigenvalue weighted by atomic mass is 9.97. The molecule has 19 heavy (non-hydrogen) atoms. The molecule has 0 radical (unpaired) electrons. The van der Waals surface area contributed by atoms with E-state index in [-0.39, 0.29) is 41.0 Å². The summed E-state index contributed by atoms with van der Waals surface area (Å²) in [5.41, 5.74) is 0.237. The fraction of sp³-hybridized carbons (Fsp3) is 0.133. The van der Waals surface area contributed by atoms with Crippen molar-refractivity contribution in [3.05, 3.63) is 65.7 Å². The lowest BCUT2D eigenvalue weighted by Crippen LogP contribution is -2.04. The first-order valence-electron chi connectivity index (χ1n) is 5.87.